The lowest BCUT2D eigenvalue weighted by atomic mass is 10.3. The molecule has 0 aliphatic carbocycles. The van der Waals surface area contributed by atoms with Crippen molar-refractivity contribution in [1.82, 2.24) is 4.98 Å². The summed E-state index contributed by atoms with van der Waals surface area (Å²) >= 11 is 1.95. The highest BCUT2D eigenvalue weighted by Gasteiger charge is 2.18. The fraction of sp³-hybridized carbons (Fsp3) is 0.444. The van der Waals surface area contributed by atoms with Gasteiger partial charge in [0.25, 0.3) is 0 Å². The molecule has 0 bridgehead atoms. The van der Waals surface area contributed by atoms with Crippen molar-refractivity contribution in [1.29, 1.82) is 0 Å². The van der Waals surface area contributed by atoms with Gasteiger partial charge in [-0.15, -0.1) is 0 Å². The van der Waals surface area contributed by atoms with Gasteiger partial charge >= 0.3 is 0 Å². The van der Waals surface area contributed by atoms with Crippen molar-refractivity contribution in [3.8, 4) is 5.75 Å². The van der Waals surface area contributed by atoms with Crippen LogP contribution in [0.15, 0.2) is 18.5 Å². The second kappa shape index (κ2) is 3.87. The van der Waals surface area contributed by atoms with Gasteiger partial charge in [0.2, 0.25) is 0 Å². The normalized spacial score (nSPS) is 16.4. The van der Waals surface area contributed by atoms with Crippen LogP contribution in [0.1, 0.15) is 0 Å². The van der Waals surface area contributed by atoms with E-state index in [2.05, 4.69) is 10.3 Å². The number of ether oxygens (including phenoxy) is 1. The van der Waals surface area contributed by atoms with Gasteiger partial charge in [-0.05, 0) is 0 Å². The number of nitrogens with one attached hydrogen (secondary N) is 1. The Balaban J connectivity index is 2.08. The molecular weight excluding hydrogens is 184 g/mol. The Hall–Kier alpha value is -0.900. The molecule has 2 heterocycles. The molecule has 0 radical (unpaired) electrons. The number of hydrogen-bond donors (Lipinski definition) is 1. The predicted octanol–water partition coefficient (Wildman–Crippen LogP) is 1.62. The first-order valence-electron chi connectivity index (χ1n) is 4.22. The molecule has 3 nitrogen and oxygen atoms in total. The quantitative estimate of drug-likeness (QED) is 0.796. The third kappa shape index (κ3) is 1.88. The number of rotatable bonds is 3. The van der Waals surface area contributed by atoms with E-state index in [9.17, 15) is 0 Å². The molecule has 4 heteroatoms. The fourth-order valence-electron chi connectivity index (χ4n) is 1.21. The highest BCUT2D eigenvalue weighted by molar-refractivity contribution is 8.00. The summed E-state index contributed by atoms with van der Waals surface area (Å²) in [5.41, 5.74) is 0.996. The maximum Gasteiger partial charge on any atom is 0.145 e. The van der Waals surface area contributed by atoms with Gasteiger partial charge in [0.15, 0.2) is 0 Å². The van der Waals surface area contributed by atoms with Crippen LogP contribution in [0.25, 0.3) is 0 Å². The molecule has 1 aromatic rings. The Morgan fingerprint density at radius 2 is 2.46 bits per heavy atom. The van der Waals surface area contributed by atoms with E-state index < -0.39 is 0 Å². The Kier molecular flexibility index (Phi) is 2.59. The third-order valence-electron chi connectivity index (χ3n) is 2.00. The van der Waals surface area contributed by atoms with Crippen LogP contribution in [0.5, 0.6) is 5.75 Å². The van der Waals surface area contributed by atoms with Gasteiger partial charge < -0.3 is 10.1 Å². The van der Waals surface area contributed by atoms with Crippen molar-refractivity contribution in [2.75, 3.05) is 23.9 Å². The summed E-state index contributed by atoms with van der Waals surface area (Å²) in [4.78, 5) is 4.06. The van der Waals surface area contributed by atoms with Crippen LogP contribution < -0.4 is 10.1 Å². The van der Waals surface area contributed by atoms with Crippen LogP contribution in [0.4, 0.5) is 5.69 Å². The molecule has 13 heavy (non-hydrogen) atoms. The molecule has 2 rings (SSSR count). The number of nitrogens with zero attached hydrogens (tertiary/aromatic N) is 1. The molecular formula is C9H12N2OS. The molecule has 1 aliphatic rings. The largest absolute Gasteiger partial charge is 0.494 e. The highest BCUT2D eigenvalue weighted by Crippen LogP contribution is 2.27. The molecule has 0 spiro atoms. The molecule has 1 N–H and O–H groups in total. The van der Waals surface area contributed by atoms with E-state index >= 15 is 0 Å². The standard InChI is InChI=1S/C9H12N2OS/c1-12-9-2-3-10-4-8(9)11-7-5-13-6-7/h2-4,7,11H,5-6H2,1H3. The van der Waals surface area contributed by atoms with Crippen LogP contribution in [0, 0.1) is 0 Å². The molecule has 0 unspecified atom stereocenters. The van der Waals surface area contributed by atoms with E-state index in [1.165, 1.54) is 11.5 Å². The first-order chi connectivity index (χ1) is 6.40. The molecule has 0 atom stereocenters. The fourth-order valence-corrected chi connectivity index (χ4v) is 1.85. The summed E-state index contributed by atoms with van der Waals surface area (Å²) in [7, 11) is 1.68. The minimum Gasteiger partial charge on any atom is -0.494 e. The molecule has 0 saturated carbocycles. The maximum atomic E-state index is 5.21. The summed E-state index contributed by atoms with van der Waals surface area (Å²) < 4.78 is 5.21. The summed E-state index contributed by atoms with van der Waals surface area (Å²) in [6.07, 6.45) is 3.54. The zero-order valence-corrected chi connectivity index (χ0v) is 8.30. The summed E-state index contributed by atoms with van der Waals surface area (Å²) in [6.45, 7) is 0. The van der Waals surface area contributed by atoms with Crippen LogP contribution >= 0.6 is 11.8 Å². The average Bonchev–Trinajstić information content (AvgIpc) is 2.12. The first kappa shape index (κ1) is 8.69. The second-order valence-electron chi connectivity index (χ2n) is 2.95. The van der Waals surface area contributed by atoms with Crippen molar-refractivity contribution in [3.05, 3.63) is 18.5 Å². The smallest absolute Gasteiger partial charge is 0.145 e. The van der Waals surface area contributed by atoms with E-state index in [4.69, 9.17) is 4.74 Å². The lowest BCUT2D eigenvalue weighted by Gasteiger charge is -2.27. The average molecular weight is 196 g/mol. The summed E-state index contributed by atoms with van der Waals surface area (Å²) in [6, 6.07) is 2.46. The van der Waals surface area contributed by atoms with Gasteiger partial charge in [0, 0.05) is 29.8 Å². The molecule has 1 aliphatic heterocycles. The van der Waals surface area contributed by atoms with Gasteiger partial charge in [-0.1, -0.05) is 0 Å². The van der Waals surface area contributed by atoms with Crippen LogP contribution in [0.2, 0.25) is 0 Å². The van der Waals surface area contributed by atoms with E-state index in [-0.39, 0.29) is 0 Å². The predicted molar refractivity (Wildman–Crippen MR) is 55.5 cm³/mol. The lowest BCUT2D eigenvalue weighted by molar-refractivity contribution is 0.415. The van der Waals surface area contributed by atoms with E-state index in [1.807, 2.05) is 24.0 Å². The third-order valence-corrected chi connectivity index (χ3v) is 3.27. The maximum absolute atomic E-state index is 5.21. The van der Waals surface area contributed by atoms with Crippen LogP contribution in [0.3, 0.4) is 0 Å². The minimum absolute atomic E-state index is 0.586. The molecule has 1 fully saturated rings. The number of hydrogen-bond acceptors (Lipinski definition) is 4. The van der Waals surface area contributed by atoms with Crippen LogP contribution in [-0.2, 0) is 0 Å². The molecule has 0 amide bonds. The topological polar surface area (TPSA) is 34.1 Å². The Labute approximate surface area is 81.9 Å². The summed E-state index contributed by atoms with van der Waals surface area (Å²) in [5, 5.41) is 3.39. The van der Waals surface area contributed by atoms with Gasteiger partial charge in [-0.2, -0.15) is 11.8 Å². The Bertz CT molecular complexity index is 289. The van der Waals surface area contributed by atoms with Crippen molar-refractivity contribution in [3.63, 3.8) is 0 Å². The second-order valence-corrected chi connectivity index (χ2v) is 4.03. The number of anilines is 1. The molecule has 1 aromatic heterocycles. The van der Waals surface area contributed by atoms with E-state index in [0.29, 0.717) is 6.04 Å². The molecule has 0 aromatic carbocycles. The zero-order chi connectivity index (χ0) is 9.10. The van der Waals surface area contributed by atoms with Gasteiger partial charge in [0.05, 0.1) is 19.0 Å². The van der Waals surface area contributed by atoms with Gasteiger partial charge in [-0.25, -0.2) is 0 Å². The first-order valence-corrected chi connectivity index (χ1v) is 5.38. The SMILES string of the molecule is COc1ccncc1NC1CSC1. The van der Waals surface area contributed by atoms with Crippen LogP contribution in [-0.4, -0.2) is 29.6 Å². The summed E-state index contributed by atoms with van der Waals surface area (Å²) in [5.74, 6) is 3.22. The minimum atomic E-state index is 0.586. The molecule has 70 valence electrons. The van der Waals surface area contributed by atoms with Gasteiger partial charge in [-0.3, -0.25) is 4.98 Å². The highest BCUT2D eigenvalue weighted by atomic mass is 32.2. The molecule has 1 saturated heterocycles. The van der Waals surface area contributed by atoms with E-state index in [0.717, 1.165) is 11.4 Å². The van der Waals surface area contributed by atoms with E-state index in [1.54, 1.807) is 13.3 Å². The number of methoxy groups -OCH3 is 1. The number of thioether (sulfide) groups is 1. The number of aromatic nitrogens is 1. The van der Waals surface area contributed by atoms with Crippen molar-refractivity contribution >= 4 is 17.4 Å². The van der Waals surface area contributed by atoms with Crippen molar-refractivity contribution < 1.29 is 4.74 Å². The zero-order valence-electron chi connectivity index (χ0n) is 7.49. The lowest BCUT2D eigenvalue weighted by Crippen LogP contribution is -2.33. The Morgan fingerprint density at radius 1 is 1.62 bits per heavy atom. The van der Waals surface area contributed by atoms with Crippen molar-refractivity contribution in [2.45, 2.75) is 6.04 Å². The number of pyridine rings is 1. The Morgan fingerprint density at radius 3 is 3.08 bits per heavy atom. The monoisotopic (exact) mass is 196 g/mol. The van der Waals surface area contributed by atoms with Crippen molar-refractivity contribution in [2.24, 2.45) is 0 Å². The van der Waals surface area contributed by atoms with Gasteiger partial charge in [0.1, 0.15) is 5.75 Å².